The summed E-state index contributed by atoms with van der Waals surface area (Å²) >= 11 is 0. The fourth-order valence-corrected chi connectivity index (χ4v) is 3.11. The number of aromatic nitrogens is 2. The van der Waals surface area contributed by atoms with Crippen LogP contribution >= 0.6 is 0 Å². The van der Waals surface area contributed by atoms with Crippen LogP contribution in [0.25, 0.3) is 0 Å². The van der Waals surface area contributed by atoms with E-state index in [2.05, 4.69) is 15.7 Å². The number of anilines is 1. The molecule has 6 nitrogen and oxygen atoms in total. The molecule has 0 aromatic carbocycles. The van der Waals surface area contributed by atoms with Crippen LogP contribution in [-0.4, -0.2) is 34.6 Å². The number of ether oxygens (including phenoxy) is 1. The van der Waals surface area contributed by atoms with Crippen LogP contribution < -0.4 is 10.6 Å². The van der Waals surface area contributed by atoms with Gasteiger partial charge in [0.2, 0.25) is 0 Å². The lowest BCUT2D eigenvalue weighted by atomic mass is 10.1. The van der Waals surface area contributed by atoms with E-state index in [1.807, 2.05) is 10.9 Å². The average Bonchev–Trinajstić information content (AvgIpc) is 3.12. The molecule has 3 rings (SSSR count). The zero-order chi connectivity index (χ0) is 14.5. The van der Waals surface area contributed by atoms with Crippen molar-refractivity contribution in [3.05, 3.63) is 12.4 Å². The molecule has 0 unspecified atom stereocenters. The second kappa shape index (κ2) is 6.93. The molecule has 1 saturated carbocycles. The molecule has 2 aliphatic rings. The van der Waals surface area contributed by atoms with E-state index in [4.69, 9.17) is 4.74 Å². The Hall–Kier alpha value is -1.56. The minimum atomic E-state index is -0.129. The Kier molecular flexibility index (Phi) is 4.75. The van der Waals surface area contributed by atoms with Crippen molar-refractivity contribution >= 4 is 11.7 Å². The smallest absolute Gasteiger partial charge is 0.319 e. The largest absolute Gasteiger partial charge is 0.376 e. The lowest BCUT2D eigenvalue weighted by molar-refractivity contribution is 0.00401. The maximum atomic E-state index is 11.9. The van der Waals surface area contributed by atoms with E-state index in [-0.39, 0.29) is 12.1 Å². The molecule has 0 spiro atoms. The molecule has 1 aliphatic heterocycles. The molecule has 1 saturated heterocycles. The summed E-state index contributed by atoms with van der Waals surface area (Å²) in [5.74, 6) is 0. The summed E-state index contributed by atoms with van der Waals surface area (Å²) < 4.78 is 7.55. The average molecular weight is 292 g/mol. The highest BCUT2D eigenvalue weighted by atomic mass is 16.5. The van der Waals surface area contributed by atoms with Gasteiger partial charge in [0.1, 0.15) is 0 Å². The van der Waals surface area contributed by atoms with Crippen LogP contribution in [0.15, 0.2) is 12.4 Å². The number of nitrogens with one attached hydrogen (secondary N) is 2. The maximum absolute atomic E-state index is 11.9. The quantitative estimate of drug-likeness (QED) is 0.896. The lowest BCUT2D eigenvalue weighted by Gasteiger charge is -2.22. The van der Waals surface area contributed by atoms with Crippen LogP contribution in [0.2, 0.25) is 0 Å². The number of carbonyl (C=O) groups excluding carboxylic acids is 1. The molecule has 21 heavy (non-hydrogen) atoms. The Morgan fingerprint density at radius 1 is 1.29 bits per heavy atom. The van der Waals surface area contributed by atoms with Gasteiger partial charge >= 0.3 is 6.03 Å². The number of urea groups is 1. The minimum absolute atomic E-state index is 0.129. The number of amides is 2. The summed E-state index contributed by atoms with van der Waals surface area (Å²) in [6.45, 7) is 1.60. The molecule has 6 heteroatoms. The highest BCUT2D eigenvalue weighted by Crippen LogP contribution is 2.18. The Morgan fingerprint density at radius 3 is 2.86 bits per heavy atom. The molecule has 1 aromatic heterocycles. The Labute approximate surface area is 125 Å². The number of carbonyl (C=O) groups is 1. The number of hydrogen-bond acceptors (Lipinski definition) is 3. The molecule has 1 atom stereocenters. The first-order valence-electron chi connectivity index (χ1n) is 8.01. The summed E-state index contributed by atoms with van der Waals surface area (Å²) in [5, 5.41) is 10.1. The van der Waals surface area contributed by atoms with Gasteiger partial charge < -0.3 is 15.4 Å². The normalized spacial score (nSPS) is 23.1. The summed E-state index contributed by atoms with van der Waals surface area (Å²) in [6, 6.07) is 0.200. The molecule has 1 aliphatic carbocycles. The molecule has 2 heterocycles. The molecule has 2 amide bonds. The van der Waals surface area contributed by atoms with Crippen molar-refractivity contribution in [1.82, 2.24) is 15.1 Å². The summed E-state index contributed by atoms with van der Waals surface area (Å²) in [5.41, 5.74) is 0.737. The topological polar surface area (TPSA) is 68.2 Å². The number of nitrogens with zero attached hydrogens (tertiary/aromatic N) is 2. The van der Waals surface area contributed by atoms with Crippen molar-refractivity contribution in [2.75, 3.05) is 11.9 Å². The third kappa shape index (κ3) is 4.20. The molecule has 2 N–H and O–H groups in total. The predicted molar refractivity (Wildman–Crippen MR) is 80.2 cm³/mol. The molecule has 2 fully saturated rings. The SMILES string of the molecule is O=C(Nc1cnn(C[C@H]2CCCCO2)c1)NC1CCCC1. The van der Waals surface area contributed by atoms with Crippen molar-refractivity contribution in [3.63, 3.8) is 0 Å². The molecular formula is C15H24N4O2. The van der Waals surface area contributed by atoms with Crippen LogP contribution in [0.3, 0.4) is 0 Å². The first kappa shape index (κ1) is 14.4. The van der Waals surface area contributed by atoms with E-state index in [9.17, 15) is 4.79 Å². The van der Waals surface area contributed by atoms with E-state index in [0.717, 1.165) is 44.5 Å². The summed E-state index contributed by atoms with van der Waals surface area (Å²) in [7, 11) is 0. The second-order valence-electron chi connectivity index (χ2n) is 6.02. The van der Waals surface area contributed by atoms with Gasteiger partial charge in [0.05, 0.1) is 24.5 Å². The fourth-order valence-electron chi connectivity index (χ4n) is 3.11. The second-order valence-corrected chi connectivity index (χ2v) is 6.02. The van der Waals surface area contributed by atoms with Gasteiger partial charge in [-0.15, -0.1) is 0 Å². The van der Waals surface area contributed by atoms with Crippen LogP contribution in [0.1, 0.15) is 44.9 Å². The van der Waals surface area contributed by atoms with Crippen molar-refractivity contribution in [3.8, 4) is 0 Å². The van der Waals surface area contributed by atoms with Gasteiger partial charge in [0.15, 0.2) is 0 Å². The molecule has 1 aromatic rings. The summed E-state index contributed by atoms with van der Waals surface area (Å²) in [4.78, 5) is 11.9. The molecule has 116 valence electrons. The van der Waals surface area contributed by atoms with Gasteiger partial charge in [-0.3, -0.25) is 4.68 Å². The van der Waals surface area contributed by atoms with E-state index >= 15 is 0 Å². The zero-order valence-electron chi connectivity index (χ0n) is 12.4. The highest BCUT2D eigenvalue weighted by molar-refractivity contribution is 5.89. The van der Waals surface area contributed by atoms with Crippen LogP contribution in [-0.2, 0) is 11.3 Å². The summed E-state index contributed by atoms with van der Waals surface area (Å²) in [6.07, 6.45) is 11.9. The van der Waals surface area contributed by atoms with E-state index < -0.39 is 0 Å². The number of hydrogen-bond donors (Lipinski definition) is 2. The van der Waals surface area contributed by atoms with Crippen molar-refractivity contribution in [2.45, 2.75) is 63.6 Å². The monoisotopic (exact) mass is 292 g/mol. The van der Waals surface area contributed by atoms with Gasteiger partial charge in [0.25, 0.3) is 0 Å². The molecular weight excluding hydrogens is 268 g/mol. The molecule has 0 bridgehead atoms. The van der Waals surface area contributed by atoms with E-state index in [0.29, 0.717) is 6.04 Å². The zero-order valence-corrected chi connectivity index (χ0v) is 12.4. The Balaban J connectivity index is 1.46. The predicted octanol–water partition coefficient (Wildman–Crippen LogP) is 2.52. The Bertz CT molecular complexity index is 462. The third-order valence-corrected chi connectivity index (χ3v) is 4.25. The van der Waals surface area contributed by atoms with Gasteiger partial charge in [-0.05, 0) is 32.1 Å². The minimum Gasteiger partial charge on any atom is -0.376 e. The van der Waals surface area contributed by atoms with Crippen molar-refractivity contribution in [1.29, 1.82) is 0 Å². The first-order chi connectivity index (χ1) is 10.3. The number of rotatable bonds is 4. The van der Waals surface area contributed by atoms with Gasteiger partial charge in [-0.25, -0.2) is 4.79 Å². The van der Waals surface area contributed by atoms with Gasteiger partial charge in [-0.2, -0.15) is 5.10 Å². The first-order valence-corrected chi connectivity index (χ1v) is 8.01. The van der Waals surface area contributed by atoms with E-state index in [1.54, 1.807) is 6.20 Å². The van der Waals surface area contributed by atoms with E-state index in [1.165, 1.54) is 19.3 Å². The Morgan fingerprint density at radius 2 is 2.10 bits per heavy atom. The fraction of sp³-hybridized carbons (Fsp3) is 0.733. The van der Waals surface area contributed by atoms with Gasteiger partial charge in [0, 0.05) is 18.8 Å². The standard InChI is InChI=1S/C15H24N4O2/c20-15(17-12-5-1-2-6-12)18-13-9-16-19(10-13)11-14-7-3-4-8-21-14/h9-10,12,14H,1-8,11H2,(H2,17,18,20)/t14-/m1/s1. The van der Waals surface area contributed by atoms with Crippen molar-refractivity contribution < 1.29 is 9.53 Å². The lowest BCUT2D eigenvalue weighted by Crippen LogP contribution is -2.36. The van der Waals surface area contributed by atoms with Crippen LogP contribution in [0.5, 0.6) is 0 Å². The highest BCUT2D eigenvalue weighted by Gasteiger charge is 2.18. The van der Waals surface area contributed by atoms with Crippen LogP contribution in [0.4, 0.5) is 10.5 Å². The third-order valence-electron chi connectivity index (χ3n) is 4.25. The maximum Gasteiger partial charge on any atom is 0.319 e. The molecule has 0 radical (unpaired) electrons. The van der Waals surface area contributed by atoms with Crippen molar-refractivity contribution in [2.24, 2.45) is 0 Å². The van der Waals surface area contributed by atoms with Crippen LogP contribution in [0, 0.1) is 0 Å². The van der Waals surface area contributed by atoms with Gasteiger partial charge in [-0.1, -0.05) is 12.8 Å².